The van der Waals surface area contributed by atoms with E-state index in [1.807, 2.05) is 6.92 Å². The number of amides is 1. The number of nitrogens with zero attached hydrogens (tertiary/aromatic N) is 5. The lowest BCUT2D eigenvalue weighted by molar-refractivity contribution is -0.165. The number of anilines is 3. The zero-order valence-electron chi connectivity index (χ0n) is 21.3. The van der Waals surface area contributed by atoms with Crippen LogP contribution in [-0.4, -0.2) is 48.7 Å². The number of alkyl halides is 3. The molecule has 3 aromatic heterocycles. The van der Waals surface area contributed by atoms with Gasteiger partial charge >= 0.3 is 6.18 Å². The highest BCUT2D eigenvalue weighted by molar-refractivity contribution is 5.91. The molecule has 10 nitrogen and oxygen atoms in total. The van der Waals surface area contributed by atoms with Crippen LogP contribution in [0.25, 0.3) is 11.1 Å². The Morgan fingerprint density at radius 3 is 2.52 bits per heavy atom. The standard InChI is InChI=1S/C26H25F4N7O3/c1-2-20-19(14-33-37(20)7-8-38)34-24-31-12-17(13-32-24)15-3-4-16(18(27)9-15)10-23(39)35-22-11-21(40-36-22)25(5-6-25)26(28,29)30/h3-4,9,11-14,38H,2,5-8,10H2,1H3,(H,31,32,34)(H,35,36,39). The zero-order chi connectivity index (χ0) is 28.5. The van der Waals surface area contributed by atoms with Crippen LogP contribution in [0.3, 0.4) is 0 Å². The van der Waals surface area contributed by atoms with Crippen molar-refractivity contribution in [1.82, 2.24) is 24.9 Å². The fraction of sp³-hybridized carbons (Fsp3) is 0.346. The topological polar surface area (TPSA) is 131 Å². The SMILES string of the molecule is CCc1c(Nc2ncc(-c3ccc(CC(=O)Nc4cc(C5(C(F)(F)F)CC5)on4)c(F)c3)cn2)cnn1CCO. The van der Waals surface area contributed by atoms with Crippen molar-refractivity contribution in [1.29, 1.82) is 0 Å². The molecule has 4 aromatic rings. The van der Waals surface area contributed by atoms with E-state index < -0.39 is 23.3 Å². The molecule has 3 heterocycles. The number of carbonyl (C=O) groups excluding carboxylic acids is 1. The highest BCUT2D eigenvalue weighted by atomic mass is 19.4. The second kappa shape index (κ2) is 10.7. The van der Waals surface area contributed by atoms with Gasteiger partial charge in [0.25, 0.3) is 0 Å². The Morgan fingerprint density at radius 2 is 1.90 bits per heavy atom. The van der Waals surface area contributed by atoms with Gasteiger partial charge in [0.05, 0.1) is 37.2 Å². The van der Waals surface area contributed by atoms with Crippen LogP contribution in [0, 0.1) is 5.82 Å². The van der Waals surface area contributed by atoms with Crippen LogP contribution in [0.2, 0.25) is 0 Å². The molecule has 0 radical (unpaired) electrons. The minimum Gasteiger partial charge on any atom is -0.394 e. The molecule has 14 heteroatoms. The first-order valence-corrected chi connectivity index (χ1v) is 12.5. The molecule has 1 saturated carbocycles. The molecule has 0 bridgehead atoms. The van der Waals surface area contributed by atoms with E-state index in [4.69, 9.17) is 4.52 Å². The van der Waals surface area contributed by atoms with Crippen molar-refractivity contribution < 1.29 is 32.0 Å². The van der Waals surface area contributed by atoms with Crippen LogP contribution in [-0.2, 0) is 29.6 Å². The van der Waals surface area contributed by atoms with Gasteiger partial charge in [0.2, 0.25) is 11.9 Å². The van der Waals surface area contributed by atoms with Gasteiger partial charge in [-0.3, -0.25) is 9.48 Å². The number of aliphatic hydroxyl groups excluding tert-OH is 1. The molecule has 5 rings (SSSR count). The molecule has 1 aromatic carbocycles. The summed E-state index contributed by atoms with van der Waals surface area (Å²) in [6.45, 7) is 2.30. The minimum atomic E-state index is -4.47. The Kier molecular flexibility index (Phi) is 7.27. The van der Waals surface area contributed by atoms with Crippen molar-refractivity contribution in [3.63, 3.8) is 0 Å². The summed E-state index contributed by atoms with van der Waals surface area (Å²) in [4.78, 5) is 21.0. The normalized spacial score (nSPS) is 14.2. The third kappa shape index (κ3) is 5.39. The predicted octanol–water partition coefficient (Wildman–Crippen LogP) is 4.54. The summed E-state index contributed by atoms with van der Waals surface area (Å²) < 4.78 is 61.2. The van der Waals surface area contributed by atoms with Gasteiger partial charge in [-0.1, -0.05) is 24.2 Å². The van der Waals surface area contributed by atoms with Gasteiger partial charge in [-0.2, -0.15) is 18.3 Å². The van der Waals surface area contributed by atoms with Crippen molar-refractivity contribution in [2.24, 2.45) is 0 Å². The van der Waals surface area contributed by atoms with Gasteiger partial charge in [0, 0.05) is 24.0 Å². The summed E-state index contributed by atoms with van der Waals surface area (Å²) in [6, 6.07) is 5.36. The molecule has 0 atom stereocenters. The Hall–Kier alpha value is -4.33. The zero-order valence-corrected chi connectivity index (χ0v) is 21.3. The van der Waals surface area contributed by atoms with E-state index in [0.29, 0.717) is 35.7 Å². The van der Waals surface area contributed by atoms with E-state index in [0.717, 1.165) is 11.8 Å². The van der Waals surface area contributed by atoms with Crippen LogP contribution >= 0.6 is 0 Å². The first-order valence-electron chi connectivity index (χ1n) is 12.5. The molecule has 0 spiro atoms. The molecule has 3 N–H and O–H groups in total. The van der Waals surface area contributed by atoms with Crippen molar-refractivity contribution in [3.8, 4) is 11.1 Å². The Labute approximate surface area is 225 Å². The average Bonchev–Trinajstić information content (AvgIpc) is 3.48. The lowest BCUT2D eigenvalue weighted by Crippen LogP contribution is -2.28. The number of aliphatic hydroxyl groups is 1. The molecule has 210 valence electrons. The minimum absolute atomic E-state index is 0.0340. The quantitative estimate of drug-likeness (QED) is 0.242. The summed E-state index contributed by atoms with van der Waals surface area (Å²) >= 11 is 0. The maximum atomic E-state index is 14.8. The molecule has 1 fully saturated rings. The van der Waals surface area contributed by atoms with Gasteiger partial charge in [-0.25, -0.2) is 14.4 Å². The van der Waals surface area contributed by atoms with Gasteiger partial charge < -0.3 is 20.3 Å². The Morgan fingerprint density at radius 1 is 1.15 bits per heavy atom. The average molecular weight is 560 g/mol. The molecule has 0 unspecified atom stereocenters. The smallest absolute Gasteiger partial charge is 0.394 e. The second-order valence-corrected chi connectivity index (χ2v) is 9.41. The van der Waals surface area contributed by atoms with E-state index in [1.165, 1.54) is 24.5 Å². The molecule has 1 amide bonds. The number of benzene rings is 1. The number of aromatic nitrogens is 5. The Balaban J connectivity index is 1.21. The maximum absolute atomic E-state index is 14.8. The number of carbonyl (C=O) groups is 1. The van der Waals surface area contributed by atoms with E-state index in [-0.39, 0.29) is 43.0 Å². The fourth-order valence-electron chi connectivity index (χ4n) is 4.42. The van der Waals surface area contributed by atoms with Gasteiger partial charge in [-0.15, -0.1) is 0 Å². The van der Waals surface area contributed by atoms with Gasteiger partial charge in [0.1, 0.15) is 11.2 Å². The van der Waals surface area contributed by atoms with Gasteiger partial charge in [-0.05, 0) is 36.5 Å². The molecular weight excluding hydrogens is 534 g/mol. The first kappa shape index (κ1) is 27.2. The van der Waals surface area contributed by atoms with Crippen LogP contribution in [0.15, 0.2) is 47.4 Å². The van der Waals surface area contributed by atoms with Crippen LogP contribution in [0.1, 0.15) is 36.8 Å². The van der Waals surface area contributed by atoms with Crippen molar-refractivity contribution in [2.75, 3.05) is 17.2 Å². The summed E-state index contributed by atoms with van der Waals surface area (Å²) in [5, 5.41) is 22.4. The maximum Gasteiger partial charge on any atom is 0.401 e. The van der Waals surface area contributed by atoms with Crippen molar-refractivity contribution >= 4 is 23.4 Å². The number of hydrogen-bond donors (Lipinski definition) is 3. The predicted molar refractivity (Wildman–Crippen MR) is 135 cm³/mol. The lowest BCUT2D eigenvalue weighted by atomic mass is 10.0. The van der Waals surface area contributed by atoms with Crippen LogP contribution in [0.4, 0.5) is 35.0 Å². The van der Waals surface area contributed by atoms with Crippen LogP contribution < -0.4 is 10.6 Å². The third-order valence-corrected chi connectivity index (χ3v) is 6.77. The number of hydrogen-bond acceptors (Lipinski definition) is 8. The van der Waals surface area contributed by atoms with E-state index in [1.54, 1.807) is 16.9 Å². The molecule has 40 heavy (non-hydrogen) atoms. The van der Waals surface area contributed by atoms with Crippen molar-refractivity contribution in [2.45, 2.75) is 50.7 Å². The fourth-order valence-corrected chi connectivity index (χ4v) is 4.42. The van der Waals surface area contributed by atoms with E-state index in [9.17, 15) is 27.5 Å². The summed E-state index contributed by atoms with van der Waals surface area (Å²) in [5.74, 6) is -1.50. The highest BCUT2D eigenvalue weighted by Gasteiger charge is 2.66. The number of halogens is 4. The molecule has 1 aliphatic rings. The lowest BCUT2D eigenvalue weighted by Gasteiger charge is -2.14. The van der Waals surface area contributed by atoms with Crippen molar-refractivity contribution in [3.05, 3.63) is 65.7 Å². The number of rotatable bonds is 10. The summed E-state index contributed by atoms with van der Waals surface area (Å²) in [7, 11) is 0. The Bertz CT molecular complexity index is 1510. The monoisotopic (exact) mass is 559 g/mol. The van der Waals surface area contributed by atoms with Crippen LogP contribution in [0.5, 0.6) is 0 Å². The number of nitrogens with one attached hydrogen (secondary N) is 2. The molecular formula is C26H25F4N7O3. The molecule has 0 saturated heterocycles. The first-order chi connectivity index (χ1) is 19.1. The van der Waals surface area contributed by atoms with E-state index >= 15 is 0 Å². The third-order valence-electron chi connectivity index (χ3n) is 6.77. The molecule has 0 aliphatic heterocycles. The molecule has 1 aliphatic carbocycles. The summed E-state index contributed by atoms with van der Waals surface area (Å²) in [6.07, 6.45) is 0.333. The highest BCUT2D eigenvalue weighted by Crippen LogP contribution is 2.59. The van der Waals surface area contributed by atoms with Gasteiger partial charge in [0.15, 0.2) is 11.6 Å². The second-order valence-electron chi connectivity index (χ2n) is 9.41. The largest absolute Gasteiger partial charge is 0.401 e. The summed E-state index contributed by atoms with van der Waals surface area (Å²) in [5.41, 5.74) is 0.671. The van der Waals surface area contributed by atoms with E-state index in [2.05, 4.69) is 30.9 Å².